The van der Waals surface area contributed by atoms with Gasteiger partial charge in [-0.15, -0.1) is 0 Å². The average Bonchev–Trinajstić information content (AvgIpc) is 2.38. The summed E-state index contributed by atoms with van der Waals surface area (Å²) in [5.41, 5.74) is -0.425. The van der Waals surface area contributed by atoms with E-state index in [9.17, 15) is 18.0 Å². The number of H-pyrrole nitrogens is 1. The van der Waals surface area contributed by atoms with Gasteiger partial charge in [-0.25, -0.2) is 4.79 Å². The molecule has 106 valence electrons. The molecule has 20 heavy (non-hydrogen) atoms. The van der Waals surface area contributed by atoms with Crippen molar-refractivity contribution in [3.63, 3.8) is 0 Å². The molecule has 0 amide bonds. The van der Waals surface area contributed by atoms with Gasteiger partial charge in [0.05, 0.1) is 22.2 Å². The second kappa shape index (κ2) is 5.24. The monoisotopic (exact) mass is 301 g/mol. The first-order valence-electron chi connectivity index (χ1n) is 5.74. The molecule has 1 N–H and O–H groups in total. The van der Waals surface area contributed by atoms with E-state index in [-0.39, 0.29) is 22.2 Å². The largest absolute Gasteiger partial charge is 0.462 e. The third-order valence-corrected chi connectivity index (χ3v) is 3.14. The molecule has 0 fully saturated rings. The quantitative estimate of drug-likeness (QED) is 0.671. The second-order valence-electron chi connectivity index (χ2n) is 4.01. The molecule has 3 nitrogen and oxygen atoms in total. The van der Waals surface area contributed by atoms with Gasteiger partial charge in [-0.1, -0.05) is 18.3 Å². The van der Waals surface area contributed by atoms with E-state index in [0.29, 0.717) is 5.39 Å². The van der Waals surface area contributed by atoms with E-state index in [2.05, 4.69) is 4.98 Å². The fourth-order valence-corrected chi connectivity index (χ4v) is 2.08. The third-order valence-electron chi connectivity index (χ3n) is 2.70. The highest BCUT2D eigenvalue weighted by molar-refractivity contribution is 7.71. The number of nitrogens with one attached hydrogen (secondary N) is 1. The van der Waals surface area contributed by atoms with E-state index in [1.807, 2.05) is 0 Å². The summed E-state index contributed by atoms with van der Waals surface area (Å²) in [6.07, 6.45) is -3.16. The van der Waals surface area contributed by atoms with Crippen molar-refractivity contribution in [2.75, 3.05) is 6.61 Å². The summed E-state index contributed by atoms with van der Waals surface area (Å²) in [6.45, 7) is 1.85. The van der Waals surface area contributed by atoms with Gasteiger partial charge in [0, 0.05) is 17.1 Å². The van der Waals surface area contributed by atoms with Crippen molar-refractivity contribution in [1.29, 1.82) is 0 Å². The number of rotatable bonds is 2. The lowest BCUT2D eigenvalue weighted by Gasteiger charge is -2.09. The number of alkyl halides is 3. The molecule has 0 unspecified atom stereocenters. The van der Waals surface area contributed by atoms with Crippen LogP contribution in [-0.2, 0) is 10.9 Å². The Bertz CT molecular complexity index is 722. The first kappa shape index (κ1) is 14.5. The van der Waals surface area contributed by atoms with Crippen LogP contribution in [0.2, 0.25) is 0 Å². The van der Waals surface area contributed by atoms with E-state index < -0.39 is 17.7 Å². The maximum absolute atomic E-state index is 12.6. The lowest BCUT2D eigenvalue weighted by atomic mass is 10.1. The highest BCUT2D eigenvalue weighted by Crippen LogP contribution is 2.31. The minimum absolute atomic E-state index is 0.133. The molecular weight excluding hydrogens is 291 g/mol. The third kappa shape index (κ3) is 2.67. The summed E-state index contributed by atoms with van der Waals surface area (Å²) in [6, 6.07) is 3.14. The van der Waals surface area contributed by atoms with Crippen LogP contribution < -0.4 is 0 Å². The number of halogens is 3. The molecule has 0 atom stereocenters. The minimum Gasteiger partial charge on any atom is -0.462 e. The Hall–Kier alpha value is -1.89. The summed E-state index contributed by atoms with van der Waals surface area (Å²) in [5.74, 6) is -0.601. The number of carbonyl (C=O) groups excluding carboxylic acids is 1. The second-order valence-corrected chi connectivity index (χ2v) is 4.42. The number of pyridine rings is 1. The summed E-state index contributed by atoms with van der Waals surface area (Å²) < 4.78 is 42.8. The Morgan fingerprint density at radius 1 is 1.40 bits per heavy atom. The molecule has 1 aromatic heterocycles. The van der Waals surface area contributed by atoms with Gasteiger partial charge in [0.1, 0.15) is 0 Å². The Morgan fingerprint density at radius 3 is 2.70 bits per heavy atom. The number of benzene rings is 1. The summed E-state index contributed by atoms with van der Waals surface area (Å²) in [5, 5.41) is 0.374. The van der Waals surface area contributed by atoms with Gasteiger partial charge in [-0.2, -0.15) is 13.2 Å². The van der Waals surface area contributed by atoms with E-state index in [1.165, 1.54) is 12.3 Å². The Kier molecular flexibility index (Phi) is 3.80. The first-order valence-corrected chi connectivity index (χ1v) is 6.15. The van der Waals surface area contributed by atoms with Crippen LogP contribution in [0.4, 0.5) is 13.2 Å². The Balaban J connectivity index is 2.59. The van der Waals surface area contributed by atoms with Gasteiger partial charge in [-0.05, 0) is 19.1 Å². The number of carbonyl (C=O) groups is 1. The molecule has 0 radical (unpaired) electrons. The van der Waals surface area contributed by atoms with E-state index >= 15 is 0 Å². The number of hydrogen-bond acceptors (Lipinski definition) is 3. The molecule has 7 heteroatoms. The van der Waals surface area contributed by atoms with E-state index in [4.69, 9.17) is 17.0 Å². The maximum Gasteiger partial charge on any atom is 0.416 e. The Morgan fingerprint density at radius 2 is 2.10 bits per heavy atom. The molecule has 0 aliphatic carbocycles. The number of aromatic amines is 1. The molecular formula is C13H10F3NO2S. The van der Waals surface area contributed by atoms with Gasteiger partial charge in [0.15, 0.2) is 0 Å². The molecule has 1 aromatic carbocycles. The van der Waals surface area contributed by atoms with E-state index in [0.717, 1.165) is 12.1 Å². The topological polar surface area (TPSA) is 42.1 Å². The fourth-order valence-electron chi connectivity index (χ4n) is 1.76. The zero-order chi connectivity index (χ0) is 14.9. The van der Waals surface area contributed by atoms with Crippen molar-refractivity contribution in [3.05, 3.63) is 40.0 Å². The molecule has 1 heterocycles. The van der Waals surface area contributed by atoms with Crippen LogP contribution >= 0.6 is 12.2 Å². The first-order chi connectivity index (χ1) is 9.34. The molecule has 2 rings (SSSR count). The molecule has 0 saturated heterocycles. The molecule has 2 aromatic rings. The predicted octanol–water partition coefficient (Wildman–Crippen LogP) is 4.09. The molecule has 0 spiro atoms. The van der Waals surface area contributed by atoms with Crippen molar-refractivity contribution in [1.82, 2.24) is 4.98 Å². The van der Waals surface area contributed by atoms with Crippen molar-refractivity contribution < 1.29 is 22.7 Å². The number of hydrogen-bond donors (Lipinski definition) is 1. The van der Waals surface area contributed by atoms with Crippen LogP contribution in [0.3, 0.4) is 0 Å². The standard InChI is InChI=1S/C13H10F3NO2S/c1-2-19-12(18)9-6-17-10-5-7(13(14,15)16)3-4-8(10)11(9)20/h3-6H,2H2,1H3,(H,17,20). The van der Waals surface area contributed by atoms with Crippen LogP contribution in [-0.4, -0.2) is 17.6 Å². The zero-order valence-corrected chi connectivity index (χ0v) is 11.2. The van der Waals surface area contributed by atoms with Crippen LogP contribution in [0.25, 0.3) is 10.9 Å². The lowest BCUT2D eigenvalue weighted by molar-refractivity contribution is -0.137. The van der Waals surface area contributed by atoms with Gasteiger partial charge < -0.3 is 9.72 Å². The smallest absolute Gasteiger partial charge is 0.416 e. The highest BCUT2D eigenvalue weighted by Gasteiger charge is 2.30. The maximum atomic E-state index is 12.6. The van der Waals surface area contributed by atoms with Crippen molar-refractivity contribution in [3.8, 4) is 0 Å². The number of aromatic nitrogens is 1. The number of esters is 1. The predicted molar refractivity (Wildman–Crippen MR) is 70.1 cm³/mol. The average molecular weight is 301 g/mol. The van der Waals surface area contributed by atoms with Crippen molar-refractivity contribution in [2.24, 2.45) is 0 Å². The van der Waals surface area contributed by atoms with Crippen molar-refractivity contribution >= 4 is 29.1 Å². The van der Waals surface area contributed by atoms with Gasteiger partial charge in [0.25, 0.3) is 0 Å². The van der Waals surface area contributed by atoms with Crippen LogP contribution in [0.1, 0.15) is 22.8 Å². The van der Waals surface area contributed by atoms with Crippen LogP contribution in [0.15, 0.2) is 24.4 Å². The van der Waals surface area contributed by atoms with Gasteiger partial charge in [-0.3, -0.25) is 0 Å². The summed E-state index contributed by atoms with van der Waals surface area (Å²) in [7, 11) is 0. The molecule has 0 aliphatic rings. The van der Waals surface area contributed by atoms with Gasteiger partial charge >= 0.3 is 12.1 Å². The van der Waals surface area contributed by atoms with Crippen molar-refractivity contribution in [2.45, 2.75) is 13.1 Å². The molecule has 0 aliphatic heterocycles. The SMILES string of the molecule is CCOC(=O)c1c[nH]c2cc(C(F)(F)F)ccc2c1=S. The fraction of sp³-hybridized carbons (Fsp3) is 0.231. The molecule has 0 saturated carbocycles. The van der Waals surface area contributed by atoms with Gasteiger partial charge in [0.2, 0.25) is 0 Å². The summed E-state index contributed by atoms with van der Waals surface area (Å²) in [4.78, 5) is 14.3. The normalized spacial score (nSPS) is 11.6. The number of fused-ring (bicyclic) bond motifs is 1. The van der Waals surface area contributed by atoms with E-state index in [1.54, 1.807) is 6.92 Å². The minimum atomic E-state index is -4.43. The highest BCUT2D eigenvalue weighted by atomic mass is 32.1. The molecule has 0 bridgehead atoms. The van der Waals surface area contributed by atoms with Crippen LogP contribution in [0.5, 0.6) is 0 Å². The Labute approximate surface area is 117 Å². The zero-order valence-electron chi connectivity index (χ0n) is 10.4. The summed E-state index contributed by atoms with van der Waals surface area (Å²) >= 11 is 5.12. The van der Waals surface area contributed by atoms with Crippen LogP contribution in [0, 0.1) is 4.51 Å². The lowest BCUT2D eigenvalue weighted by Crippen LogP contribution is -2.07. The number of ether oxygens (including phenoxy) is 1.